The summed E-state index contributed by atoms with van der Waals surface area (Å²) in [6.07, 6.45) is 0. The first-order valence-electron chi connectivity index (χ1n) is 2.36. The SMILES string of the molecule is Br.[CH2-]c1cccc(F)c1.[Zn]. The van der Waals surface area contributed by atoms with Gasteiger partial charge in [-0.2, -0.15) is 18.6 Å². The standard InChI is InChI=1S/C7H6F.BrH.Zn/c1-6-3-2-4-7(8)5-6;;/h2-5H,1H2;1H;/q-1;;. The molecule has 0 unspecified atom stereocenters. The third-order valence-corrected chi connectivity index (χ3v) is 0.889. The minimum absolute atomic E-state index is 0. The minimum Gasteiger partial charge on any atom is -0.222 e. The van der Waals surface area contributed by atoms with Gasteiger partial charge in [0.05, 0.1) is 5.82 Å². The van der Waals surface area contributed by atoms with Crippen molar-refractivity contribution in [3.63, 3.8) is 0 Å². The Hall–Kier alpha value is 0.123. The van der Waals surface area contributed by atoms with Crippen molar-refractivity contribution in [2.45, 2.75) is 0 Å². The third kappa shape index (κ3) is 4.02. The van der Waals surface area contributed by atoms with Gasteiger partial charge in [0.1, 0.15) is 0 Å². The van der Waals surface area contributed by atoms with Crippen LogP contribution in [0.25, 0.3) is 0 Å². The van der Waals surface area contributed by atoms with Crippen LogP contribution in [0.15, 0.2) is 24.3 Å². The molecule has 0 aromatic heterocycles. The van der Waals surface area contributed by atoms with Crippen molar-refractivity contribution in [3.8, 4) is 0 Å². The van der Waals surface area contributed by atoms with Gasteiger partial charge in [-0.15, -0.1) is 29.1 Å². The summed E-state index contributed by atoms with van der Waals surface area (Å²) in [5.41, 5.74) is 0.713. The van der Waals surface area contributed by atoms with Crippen LogP contribution in [0.5, 0.6) is 0 Å². The van der Waals surface area contributed by atoms with Crippen LogP contribution in [-0.4, -0.2) is 0 Å². The van der Waals surface area contributed by atoms with E-state index in [0.717, 1.165) is 0 Å². The Labute approximate surface area is 83.4 Å². The molecule has 3 heteroatoms. The monoisotopic (exact) mass is 253 g/mol. The molecule has 0 fully saturated rings. The number of benzene rings is 1. The van der Waals surface area contributed by atoms with Crippen molar-refractivity contribution in [2.24, 2.45) is 0 Å². The van der Waals surface area contributed by atoms with Crippen LogP contribution >= 0.6 is 17.0 Å². The Morgan fingerprint density at radius 3 is 2.20 bits per heavy atom. The summed E-state index contributed by atoms with van der Waals surface area (Å²) in [7, 11) is 0. The topological polar surface area (TPSA) is 0 Å². The van der Waals surface area contributed by atoms with E-state index in [1.54, 1.807) is 12.1 Å². The zero-order valence-electron chi connectivity index (χ0n) is 5.51. The zero-order valence-corrected chi connectivity index (χ0v) is 10.2. The fourth-order valence-corrected chi connectivity index (χ4v) is 0.537. The van der Waals surface area contributed by atoms with Crippen molar-refractivity contribution in [1.29, 1.82) is 0 Å². The van der Waals surface area contributed by atoms with Gasteiger partial charge < -0.3 is 0 Å². The molecule has 0 bridgehead atoms. The molecule has 0 amide bonds. The summed E-state index contributed by atoms with van der Waals surface area (Å²) in [4.78, 5) is 0. The number of hydrogen-bond donors (Lipinski definition) is 0. The Morgan fingerprint density at radius 2 is 1.90 bits per heavy atom. The van der Waals surface area contributed by atoms with Crippen LogP contribution in [0.4, 0.5) is 4.39 Å². The summed E-state index contributed by atoms with van der Waals surface area (Å²) < 4.78 is 12.1. The van der Waals surface area contributed by atoms with Crippen LogP contribution in [0.3, 0.4) is 0 Å². The first kappa shape index (κ1) is 12.8. The summed E-state index contributed by atoms with van der Waals surface area (Å²) in [6, 6.07) is 6.18. The van der Waals surface area contributed by atoms with Crippen LogP contribution in [0.2, 0.25) is 0 Å². The molecule has 0 saturated heterocycles. The molecule has 0 heterocycles. The maximum Gasteiger partial charge on any atom is 0.0678 e. The van der Waals surface area contributed by atoms with E-state index in [2.05, 4.69) is 6.92 Å². The fraction of sp³-hybridized carbons (Fsp3) is 0. The van der Waals surface area contributed by atoms with Gasteiger partial charge in [0.25, 0.3) is 0 Å². The second-order valence-electron chi connectivity index (χ2n) is 1.63. The molecule has 0 nitrogen and oxygen atoms in total. The Balaban J connectivity index is 0. The van der Waals surface area contributed by atoms with E-state index in [9.17, 15) is 4.39 Å². The second-order valence-corrected chi connectivity index (χ2v) is 1.63. The summed E-state index contributed by atoms with van der Waals surface area (Å²) in [5, 5.41) is 0. The van der Waals surface area contributed by atoms with Gasteiger partial charge in [-0.25, -0.2) is 4.39 Å². The minimum atomic E-state index is -0.225. The molecular formula is C7H7BrFZn-. The first-order chi connectivity index (χ1) is 3.79. The van der Waals surface area contributed by atoms with E-state index in [4.69, 9.17) is 0 Å². The Bertz CT molecular complexity index is 173. The molecule has 0 aliphatic carbocycles. The molecule has 0 spiro atoms. The number of halogens is 2. The maximum atomic E-state index is 12.1. The molecule has 1 aromatic carbocycles. The predicted molar refractivity (Wildman–Crippen MR) is 41.2 cm³/mol. The molecule has 0 aliphatic heterocycles. The molecule has 10 heavy (non-hydrogen) atoms. The Morgan fingerprint density at radius 1 is 1.30 bits per heavy atom. The van der Waals surface area contributed by atoms with Crippen LogP contribution in [0, 0.1) is 12.7 Å². The molecule has 0 N–H and O–H groups in total. The Kier molecular flexibility index (Phi) is 7.50. The average Bonchev–Trinajstić information content (AvgIpc) is 1.64. The number of hydrogen-bond acceptors (Lipinski definition) is 0. The van der Waals surface area contributed by atoms with E-state index in [-0.39, 0.29) is 42.3 Å². The normalized spacial score (nSPS) is 7.30. The van der Waals surface area contributed by atoms with Crippen molar-refractivity contribution in [3.05, 3.63) is 42.6 Å². The van der Waals surface area contributed by atoms with E-state index in [1.807, 2.05) is 0 Å². The van der Waals surface area contributed by atoms with Crippen molar-refractivity contribution >= 4 is 17.0 Å². The smallest absolute Gasteiger partial charge is 0.0678 e. The summed E-state index contributed by atoms with van der Waals surface area (Å²) in [6.45, 7) is 3.54. The third-order valence-electron chi connectivity index (χ3n) is 0.889. The molecule has 0 saturated carbocycles. The average molecular weight is 255 g/mol. The molecule has 52 valence electrons. The van der Waals surface area contributed by atoms with Gasteiger partial charge in [0.2, 0.25) is 0 Å². The van der Waals surface area contributed by atoms with Crippen molar-refractivity contribution in [2.75, 3.05) is 0 Å². The van der Waals surface area contributed by atoms with E-state index in [0.29, 0.717) is 5.56 Å². The van der Waals surface area contributed by atoms with Crippen LogP contribution in [-0.2, 0) is 19.5 Å². The van der Waals surface area contributed by atoms with Gasteiger partial charge >= 0.3 is 0 Å². The van der Waals surface area contributed by atoms with Gasteiger partial charge in [0.15, 0.2) is 0 Å². The van der Waals surface area contributed by atoms with E-state index >= 15 is 0 Å². The van der Waals surface area contributed by atoms with E-state index in [1.165, 1.54) is 12.1 Å². The largest absolute Gasteiger partial charge is 0.222 e. The quantitative estimate of drug-likeness (QED) is 0.494. The van der Waals surface area contributed by atoms with Gasteiger partial charge in [-0.3, -0.25) is 0 Å². The van der Waals surface area contributed by atoms with Crippen LogP contribution < -0.4 is 0 Å². The zero-order chi connectivity index (χ0) is 5.98. The number of rotatable bonds is 0. The van der Waals surface area contributed by atoms with E-state index < -0.39 is 0 Å². The summed E-state index contributed by atoms with van der Waals surface area (Å²) >= 11 is 0. The second kappa shape index (κ2) is 5.87. The maximum absolute atomic E-state index is 12.1. The van der Waals surface area contributed by atoms with Crippen LogP contribution in [0.1, 0.15) is 5.56 Å². The van der Waals surface area contributed by atoms with Gasteiger partial charge in [0, 0.05) is 19.5 Å². The van der Waals surface area contributed by atoms with Crippen molar-refractivity contribution < 1.29 is 23.9 Å². The van der Waals surface area contributed by atoms with Crippen molar-refractivity contribution in [1.82, 2.24) is 0 Å². The molecule has 1 aromatic rings. The molecule has 0 radical (unpaired) electrons. The predicted octanol–water partition coefficient (Wildman–Crippen LogP) is 2.58. The summed E-state index contributed by atoms with van der Waals surface area (Å²) in [5.74, 6) is -0.225. The molecule has 0 aliphatic rings. The molecule has 0 atom stereocenters. The molecule has 1 rings (SSSR count). The molecular weight excluding hydrogens is 248 g/mol. The first-order valence-corrected chi connectivity index (χ1v) is 2.36. The fourth-order valence-electron chi connectivity index (χ4n) is 0.537. The van der Waals surface area contributed by atoms with Gasteiger partial charge in [-0.05, 0) is 0 Å². The van der Waals surface area contributed by atoms with Gasteiger partial charge in [-0.1, -0.05) is 6.07 Å².